The molecule has 6 rings (SSSR count). The van der Waals surface area contributed by atoms with E-state index >= 15 is 0 Å². The molecule has 380 valence electrons. The molecular weight excluding hydrogens is 998 g/mol. The van der Waals surface area contributed by atoms with Crippen molar-refractivity contribution in [3.63, 3.8) is 0 Å². The molecule has 0 radical (unpaired) electrons. The van der Waals surface area contributed by atoms with Gasteiger partial charge in [0.15, 0.2) is 16.9 Å². The lowest BCUT2D eigenvalue weighted by Crippen LogP contribution is -2.46. The summed E-state index contributed by atoms with van der Waals surface area (Å²) in [6.07, 6.45) is -6.91. The molecule has 0 spiro atoms. The van der Waals surface area contributed by atoms with Crippen LogP contribution < -0.4 is 25.8 Å². The minimum atomic E-state index is -4.54. The average Bonchev–Trinajstić information content (AvgIpc) is 3.33. The smallest absolute Gasteiger partial charge is 0.417 e. The van der Waals surface area contributed by atoms with Crippen molar-refractivity contribution in [2.24, 2.45) is 5.73 Å². The first-order valence-electron chi connectivity index (χ1n) is 22.0. The number of nitrogens with two attached hydrogens (primary N) is 1. The number of amides is 3. The molecule has 19 heteroatoms. The fraction of sp³-hybridized carbons (Fsp3) is 0.222. The number of carbonyl (C=O) groups is 3. The number of primary amides is 1. The third kappa shape index (κ3) is 16.2. The number of allylic oxidation sites excluding steroid dienone is 4. The summed E-state index contributed by atoms with van der Waals surface area (Å²) in [6.45, 7) is 16.7. The summed E-state index contributed by atoms with van der Waals surface area (Å²) >= 11 is 12.0. The second-order valence-corrected chi connectivity index (χ2v) is 18.2. The van der Waals surface area contributed by atoms with E-state index in [1.807, 2.05) is 30.3 Å². The van der Waals surface area contributed by atoms with Gasteiger partial charge in [0.25, 0.3) is 11.8 Å². The van der Waals surface area contributed by atoms with Gasteiger partial charge >= 0.3 is 12.4 Å². The molecule has 4 N–H and O–H groups in total. The molecule has 0 bridgehead atoms. The molecule has 11 nitrogen and oxygen atoms in total. The van der Waals surface area contributed by atoms with E-state index in [-0.39, 0.29) is 11.8 Å². The van der Waals surface area contributed by atoms with Crippen LogP contribution in [0.3, 0.4) is 0 Å². The van der Waals surface area contributed by atoms with Crippen molar-refractivity contribution in [2.75, 3.05) is 0 Å². The molecule has 0 aliphatic carbocycles. The number of nitrogens with one attached hydrogen (secondary N) is 2. The standard InChI is InChI=1S/C27H25ClF3N3O3.C27H23ClF3N3O2/c1-16(34-25(36)26(2,3)37-23-12-9-20(15-33-23)27(29,30)31)22(13-17-7-10-21(28)11-8-17)18-5-4-6-19(14-18)24(32)35;1-17(34-25(35)26(2,3)36-24-13-10-20(16-33-24)27(29,30)31)23(14-18-8-11-21(28)12-9-18)19-6-5-7-22(15-19)32-4/h4-12,14-15H,13H2,1-3H3,(H2,32,35)(H,34,36);5-13,15-16H,14H2,1-3H3,(H,34,35)/b22-16-;23-17-. The number of alkyl halides is 6. The number of hydrogen-bond donors (Lipinski definition) is 3. The third-order valence-electron chi connectivity index (χ3n) is 10.9. The van der Waals surface area contributed by atoms with Crippen molar-refractivity contribution in [1.29, 1.82) is 0 Å². The Balaban J connectivity index is 0.000000271. The van der Waals surface area contributed by atoms with Gasteiger partial charge in [-0.15, -0.1) is 0 Å². The van der Waals surface area contributed by atoms with Gasteiger partial charge < -0.3 is 25.8 Å². The van der Waals surface area contributed by atoms with Crippen LogP contribution in [0, 0.1) is 6.57 Å². The average molecular weight is 1050 g/mol. The lowest BCUT2D eigenvalue weighted by Gasteiger charge is -2.26. The number of nitrogens with zero attached hydrogens (tertiary/aromatic N) is 3. The van der Waals surface area contributed by atoms with Gasteiger partial charge in [0.1, 0.15) is 0 Å². The fourth-order valence-corrected chi connectivity index (χ4v) is 7.02. The molecule has 0 fully saturated rings. The molecule has 0 aliphatic heterocycles. The molecule has 0 aliphatic rings. The highest BCUT2D eigenvalue weighted by Gasteiger charge is 2.35. The van der Waals surface area contributed by atoms with Gasteiger partial charge in [-0.3, -0.25) is 14.4 Å². The zero-order valence-corrected chi connectivity index (χ0v) is 41.6. The van der Waals surface area contributed by atoms with Gasteiger partial charge in [0, 0.05) is 51.5 Å². The van der Waals surface area contributed by atoms with E-state index in [1.165, 1.54) is 27.7 Å². The van der Waals surface area contributed by atoms with E-state index in [9.17, 15) is 40.7 Å². The van der Waals surface area contributed by atoms with E-state index in [0.29, 0.717) is 69.1 Å². The number of hydrogen-bond acceptors (Lipinski definition) is 7. The van der Waals surface area contributed by atoms with Crippen molar-refractivity contribution in [2.45, 2.75) is 77.9 Å². The maximum atomic E-state index is 13.1. The van der Waals surface area contributed by atoms with E-state index in [4.69, 9.17) is 45.0 Å². The van der Waals surface area contributed by atoms with Gasteiger partial charge in [0.05, 0.1) is 17.7 Å². The van der Waals surface area contributed by atoms with Gasteiger partial charge in [0.2, 0.25) is 17.7 Å². The number of carbonyl (C=O) groups excluding carboxylic acids is 3. The minimum absolute atomic E-state index is 0.115. The monoisotopic (exact) mass is 1040 g/mol. The Bertz CT molecular complexity index is 3040. The molecule has 0 unspecified atom stereocenters. The molecule has 6 aromatic rings. The van der Waals surface area contributed by atoms with Crippen LogP contribution in [0.25, 0.3) is 16.0 Å². The lowest BCUT2D eigenvalue weighted by molar-refractivity contribution is -0.138. The summed E-state index contributed by atoms with van der Waals surface area (Å²) in [4.78, 5) is 48.8. The summed E-state index contributed by atoms with van der Waals surface area (Å²) in [5.41, 5.74) is 7.24. The Morgan fingerprint density at radius 3 is 1.33 bits per heavy atom. The Hall–Kier alpha value is -7.68. The van der Waals surface area contributed by atoms with Crippen LogP contribution in [0.2, 0.25) is 10.0 Å². The SMILES string of the molecule is C/C(NC(=O)C(C)(C)Oc1ccc(C(F)(F)F)cn1)=C(\Cc1ccc(Cl)cc1)c1cccc(C(N)=O)c1.[C-]#[N+]c1cccc(/C(Cc2ccc(Cl)cc2)=C(/C)NC(=O)C(C)(C)Oc2ccc(C(F)(F)F)cn2)c1. The van der Waals surface area contributed by atoms with Crippen LogP contribution >= 0.6 is 23.2 Å². The first-order chi connectivity index (χ1) is 34.1. The van der Waals surface area contributed by atoms with E-state index in [2.05, 4.69) is 25.4 Å². The van der Waals surface area contributed by atoms with Gasteiger partial charge in [-0.1, -0.05) is 77.8 Å². The van der Waals surface area contributed by atoms with E-state index < -0.39 is 52.4 Å². The van der Waals surface area contributed by atoms with Crippen LogP contribution in [0.4, 0.5) is 32.0 Å². The summed E-state index contributed by atoms with van der Waals surface area (Å²) in [7, 11) is 0. The van der Waals surface area contributed by atoms with Crippen molar-refractivity contribution in [3.8, 4) is 11.8 Å². The predicted molar refractivity (Wildman–Crippen MR) is 267 cm³/mol. The number of halogens is 8. The molecule has 3 amide bonds. The highest BCUT2D eigenvalue weighted by Crippen LogP contribution is 2.33. The Morgan fingerprint density at radius 1 is 0.589 bits per heavy atom. The van der Waals surface area contributed by atoms with Crippen LogP contribution in [0.5, 0.6) is 11.8 Å². The number of pyridine rings is 2. The largest absolute Gasteiger partial charge is 0.462 e. The van der Waals surface area contributed by atoms with E-state index in [1.54, 1.807) is 80.6 Å². The maximum Gasteiger partial charge on any atom is 0.417 e. The van der Waals surface area contributed by atoms with Crippen molar-refractivity contribution in [1.82, 2.24) is 20.6 Å². The maximum absolute atomic E-state index is 13.1. The zero-order chi connectivity index (χ0) is 53.9. The molecular formula is C54H48Cl2F6N6O5. The molecule has 2 aromatic heterocycles. The Labute approximate surface area is 427 Å². The summed E-state index contributed by atoms with van der Waals surface area (Å²) < 4.78 is 88.0. The summed E-state index contributed by atoms with van der Waals surface area (Å²) in [5.74, 6) is -1.91. The second kappa shape index (κ2) is 23.7. The molecule has 4 aromatic carbocycles. The van der Waals surface area contributed by atoms with Gasteiger partial charge in [-0.05, 0) is 142 Å². The normalized spacial score (nSPS) is 12.5. The van der Waals surface area contributed by atoms with Crippen LogP contribution in [-0.2, 0) is 34.8 Å². The number of benzene rings is 4. The highest BCUT2D eigenvalue weighted by molar-refractivity contribution is 6.30. The summed E-state index contributed by atoms with van der Waals surface area (Å²) in [5, 5.41) is 6.84. The van der Waals surface area contributed by atoms with Crippen LogP contribution in [-0.4, -0.2) is 38.9 Å². The topological polar surface area (TPSA) is 150 Å². The quantitative estimate of drug-likeness (QED) is 0.0684. The first-order valence-corrected chi connectivity index (χ1v) is 22.7. The van der Waals surface area contributed by atoms with Crippen molar-refractivity contribution in [3.05, 3.63) is 206 Å². The number of ether oxygens (including phenoxy) is 2. The second-order valence-electron chi connectivity index (χ2n) is 17.3. The third-order valence-corrected chi connectivity index (χ3v) is 11.4. The zero-order valence-electron chi connectivity index (χ0n) is 40.1. The van der Waals surface area contributed by atoms with Crippen LogP contribution in [0.1, 0.15) is 85.3 Å². The van der Waals surface area contributed by atoms with Gasteiger partial charge in [-0.2, -0.15) is 26.3 Å². The summed E-state index contributed by atoms with van der Waals surface area (Å²) in [6, 6.07) is 32.0. The molecule has 2 heterocycles. The highest BCUT2D eigenvalue weighted by atomic mass is 35.5. The van der Waals surface area contributed by atoms with Gasteiger partial charge in [-0.25, -0.2) is 14.8 Å². The molecule has 0 saturated carbocycles. The minimum Gasteiger partial charge on any atom is -0.462 e. The Morgan fingerprint density at radius 2 is 0.973 bits per heavy atom. The van der Waals surface area contributed by atoms with E-state index in [0.717, 1.165) is 46.5 Å². The van der Waals surface area contributed by atoms with Crippen molar-refractivity contribution >= 4 is 57.8 Å². The molecule has 0 saturated heterocycles. The molecule has 0 atom stereocenters. The van der Waals surface area contributed by atoms with Crippen LogP contribution in [0.15, 0.2) is 145 Å². The number of aromatic nitrogens is 2. The molecule has 73 heavy (non-hydrogen) atoms. The number of rotatable bonds is 15. The van der Waals surface area contributed by atoms with Crippen molar-refractivity contribution < 1.29 is 50.2 Å². The predicted octanol–water partition coefficient (Wildman–Crippen LogP) is 13.1. The lowest BCUT2D eigenvalue weighted by atomic mass is 9.94. The first kappa shape index (κ1) is 56.2. The Kier molecular flexibility index (Phi) is 18.3. The fourth-order valence-electron chi connectivity index (χ4n) is 6.76.